The number of amides is 3. The van der Waals surface area contributed by atoms with Crippen LogP contribution in [0.5, 0.6) is 5.75 Å². The number of hydrogen-bond donors (Lipinski definition) is 3. The Hall–Kier alpha value is -4.82. The van der Waals surface area contributed by atoms with Gasteiger partial charge in [0.15, 0.2) is 0 Å². The maximum absolute atomic E-state index is 13.5. The van der Waals surface area contributed by atoms with Crippen LogP contribution in [0.15, 0.2) is 48.5 Å². The van der Waals surface area contributed by atoms with E-state index in [1.54, 1.807) is 71.9 Å². The smallest absolute Gasteiger partial charge is 0.416 e. The Labute approximate surface area is 277 Å². The van der Waals surface area contributed by atoms with Crippen molar-refractivity contribution in [3.63, 3.8) is 0 Å². The minimum absolute atomic E-state index is 0.158. The van der Waals surface area contributed by atoms with Gasteiger partial charge in [-0.3, -0.25) is 19.2 Å². The number of alkyl carbamates (subject to hydrolysis) is 1. The van der Waals surface area contributed by atoms with E-state index < -0.39 is 71.3 Å². The van der Waals surface area contributed by atoms with Crippen molar-refractivity contribution in [3.05, 3.63) is 59.7 Å². The molecule has 2 rings (SSSR count). The fourth-order valence-corrected chi connectivity index (χ4v) is 4.04. The second-order valence-corrected chi connectivity index (χ2v) is 12.7. The molecule has 2 atom stereocenters. The second kappa shape index (κ2) is 16.8. The van der Waals surface area contributed by atoms with Crippen molar-refractivity contribution in [2.75, 3.05) is 12.4 Å². The third-order valence-electron chi connectivity index (χ3n) is 6.04. The first-order valence-corrected chi connectivity index (χ1v) is 14.9. The third-order valence-corrected chi connectivity index (χ3v) is 6.04. The van der Waals surface area contributed by atoms with Crippen molar-refractivity contribution in [1.29, 1.82) is 0 Å². The summed E-state index contributed by atoms with van der Waals surface area (Å²) in [7, 11) is 1.15. The maximum atomic E-state index is 13.5. The Balaban J connectivity index is 2.34. The third kappa shape index (κ3) is 14.7. The van der Waals surface area contributed by atoms with Gasteiger partial charge < -0.3 is 34.9 Å². The molecule has 0 unspecified atom stereocenters. The maximum Gasteiger partial charge on any atom is 0.416 e. The van der Waals surface area contributed by atoms with Gasteiger partial charge in [0.25, 0.3) is 0 Å². The average molecular weight is 682 g/mol. The summed E-state index contributed by atoms with van der Waals surface area (Å²) in [6.45, 7) is 9.52. The summed E-state index contributed by atoms with van der Waals surface area (Å²) < 4.78 is 61.2. The van der Waals surface area contributed by atoms with E-state index >= 15 is 0 Å². The highest BCUT2D eigenvalue weighted by Gasteiger charge is 2.34. The van der Waals surface area contributed by atoms with E-state index in [4.69, 9.17) is 18.9 Å². The summed E-state index contributed by atoms with van der Waals surface area (Å²) >= 11 is 0. The number of carbonyl (C=O) groups excluding carboxylic acids is 5. The van der Waals surface area contributed by atoms with E-state index in [-0.39, 0.29) is 30.9 Å². The molecule has 48 heavy (non-hydrogen) atoms. The average Bonchev–Trinajstić information content (AvgIpc) is 2.95. The number of esters is 2. The minimum Gasteiger partial charge on any atom is -0.497 e. The van der Waals surface area contributed by atoms with E-state index in [0.717, 1.165) is 19.2 Å². The molecule has 264 valence electrons. The van der Waals surface area contributed by atoms with Gasteiger partial charge in [-0.25, -0.2) is 4.79 Å². The Morgan fingerprint density at radius 3 is 1.94 bits per heavy atom. The Morgan fingerprint density at radius 2 is 1.38 bits per heavy atom. The summed E-state index contributed by atoms with van der Waals surface area (Å²) in [6, 6.07) is 8.00. The van der Waals surface area contributed by atoms with Gasteiger partial charge in [0.05, 0.1) is 19.1 Å². The lowest BCUT2D eigenvalue weighted by Crippen LogP contribution is -2.53. The van der Waals surface area contributed by atoms with E-state index in [2.05, 4.69) is 16.0 Å². The molecule has 0 radical (unpaired) electrons. The second-order valence-electron chi connectivity index (χ2n) is 12.7. The van der Waals surface area contributed by atoms with Gasteiger partial charge in [-0.2, -0.15) is 13.2 Å². The van der Waals surface area contributed by atoms with Gasteiger partial charge in [-0.1, -0.05) is 30.3 Å². The molecule has 3 amide bonds. The fourth-order valence-electron chi connectivity index (χ4n) is 4.04. The summed E-state index contributed by atoms with van der Waals surface area (Å²) in [4.78, 5) is 64.8. The van der Waals surface area contributed by atoms with E-state index in [9.17, 15) is 37.1 Å². The lowest BCUT2D eigenvalue weighted by atomic mass is 10.1. The number of rotatable bonds is 13. The number of methoxy groups -OCH3 is 1. The van der Waals surface area contributed by atoms with Crippen molar-refractivity contribution < 1.29 is 56.1 Å². The van der Waals surface area contributed by atoms with Gasteiger partial charge in [0, 0.05) is 18.2 Å². The zero-order valence-corrected chi connectivity index (χ0v) is 27.9. The van der Waals surface area contributed by atoms with Crippen LogP contribution in [-0.4, -0.2) is 60.2 Å². The molecule has 3 N–H and O–H groups in total. The Morgan fingerprint density at radius 1 is 0.771 bits per heavy atom. The first kappa shape index (κ1) is 39.4. The van der Waals surface area contributed by atoms with Crippen molar-refractivity contribution in [3.8, 4) is 5.75 Å². The van der Waals surface area contributed by atoms with Gasteiger partial charge in [-0.15, -0.1) is 0 Å². The molecule has 0 aliphatic rings. The number of anilines is 1. The molecule has 15 heteroatoms. The van der Waals surface area contributed by atoms with Crippen LogP contribution in [0, 0.1) is 0 Å². The molecule has 0 aromatic heterocycles. The normalized spacial score (nSPS) is 13.0. The lowest BCUT2D eigenvalue weighted by Gasteiger charge is -2.25. The van der Waals surface area contributed by atoms with Crippen molar-refractivity contribution in [2.45, 2.75) is 96.9 Å². The first-order valence-electron chi connectivity index (χ1n) is 14.9. The number of carbonyl (C=O) groups is 5. The molecule has 0 heterocycles. The minimum atomic E-state index is -4.77. The predicted molar refractivity (Wildman–Crippen MR) is 168 cm³/mol. The Bertz CT molecular complexity index is 1440. The number of ether oxygens (including phenoxy) is 4. The highest BCUT2D eigenvalue weighted by atomic mass is 19.4. The molecule has 0 saturated heterocycles. The summed E-state index contributed by atoms with van der Waals surface area (Å²) in [5.74, 6) is -3.83. The SMILES string of the molecule is COc1cc(NC(=O)[C@H](CCC(=O)OC(C)(C)C)NC(=O)[C@H](CC(=O)OC(C)(C)C)NC(=O)OCc2ccccc2)cc(C(F)(F)F)c1. The molecule has 0 spiro atoms. The van der Waals surface area contributed by atoms with Crippen LogP contribution in [0.2, 0.25) is 0 Å². The van der Waals surface area contributed by atoms with Crippen molar-refractivity contribution >= 4 is 35.5 Å². The zero-order valence-electron chi connectivity index (χ0n) is 27.9. The topological polar surface area (TPSA) is 158 Å². The molecule has 12 nitrogen and oxygen atoms in total. The van der Waals surface area contributed by atoms with E-state index in [0.29, 0.717) is 11.6 Å². The molecule has 0 aliphatic carbocycles. The molecule has 0 aliphatic heterocycles. The van der Waals surface area contributed by atoms with E-state index in [1.165, 1.54) is 0 Å². The quantitative estimate of drug-likeness (QED) is 0.189. The zero-order chi connectivity index (χ0) is 36.3. The standard InChI is InChI=1S/C33H42F3N3O9/c1-31(2,3)47-26(40)14-13-24(28(42)37-22-15-21(33(34,35)36)16-23(17-22)45-7)38-29(43)25(18-27(41)48-32(4,5)6)39-30(44)46-19-20-11-9-8-10-12-20/h8-12,15-17,24-25H,13-14,18-19H2,1-7H3,(H,37,42)(H,38,43)(H,39,44)/t24-,25-/m0/s1. The number of alkyl halides is 3. The van der Waals surface area contributed by atoms with Crippen LogP contribution in [0.1, 0.15) is 71.9 Å². The van der Waals surface area contributed by atoms with Crippen molar-refractivity contribution in [1.82, 2.24) is 10.6 Å². The molecular weight excluding hydrogens is 639 g/mol. The molecule has 0 fully saturated rings. The monoisotopic (exact) mass is 681 g/mol. The first-order chi connectivity index (χ1) is 22.1. The van der Waals surface area contributed by atoms with Crippen molar-refractivity contribution in [2.24, 2.45) is 0 Å². The number of nitrogens with one attached hydrogen (secondary N) is 3. The van der Waals surface area contributed by atoms with Crippen LogP contribution in [0.3, 0.4) is 0 Å². The molecular formula is C33H42F3N3O9. The van der Waals surface area contributed by atoms with Gasteiger partial charge >= 0.3 is 24.2 Å². The highest BCUT2D eigenvalue weighted by Crippen LogP contribution is 2.34. The van der Waals surface area contributed by atoms with Gasteiger partial charge in [-0.05, 0) is 65.7 Å². The van der Waals surface area contributed by atoms with Gasteiger partial charge in [0.1, 0.15) is 35.6 Å². The summed E-state index contributed by atoms with van der Waals surface area (Å²) in [5, 5.41) is 6.99. The van der Waals surface area contributed by atoms with Crippen LogP contribution in [0.4, 0.5) is 23.7 Å². The number of halogens is 3. The van der Waals surface area contributed by atoms with Crippen LogP contribution in [0.25, 0.3) is 0 Å². The molecule has 0 bridgehead atoms. The van der Waals surface area contributed by atoms with Crippen LogP contribution in [-0.2, 0) is 46.2 Å². The van der Waals surface area contributed by atoms with Crippen LogP contribution >= 0.6 is 0 Å². The van der Waals surface area contributed by atoms with Crippen LogP contribution < -0.4 is 20.7 Å². The molecule has 2 aromatic rings. The van der Waals surface area contributed by atoms with Gasteiger partial charge in [0.2, 0.25) is 11.8 Å². The molecule has 2 aromatic carbocycles. The largest absolute Gasteiger partial charge is 0.497 e. The fraction of sp³-hybridized carbons (Fsp3) is 0.485. The highest BCUT2D eigenvalue weighted by molar-refractivity contribution is 5.99. The number of benzene rings is 2. The van der Waals surface area contributed by atoms with E-state index in [1.807, 2.05) is 0 Å². The number of hydrogen-bond acceptors (Lipinski definition) is 9. The lowest BCUT2D eigenvalue weighted by molar-refractivity contribution is -0.156. The summed E-state index contributed by atoms with van der Waals surface area (Å²) in [6.07, 6.45) is -7.25. The molecule has 0 saturated carbocycles. The Kier molecular flexibility index (Phi) is 13.8. The summed E-state index contributed by atoms with van der Waals surface area (Å²) in [5.41, 5.74) is -2.58. The predicted octanol–water partition coefficient (Wildman–Crippen LogP) is 5.29.